The third-order valence-electron chi connectivity index (χ3n) is 3.47. The molecule has 0 fully saturated rings. The maximum Gasteiger partial charge on any atom is 0.267 e. The van der Waals surface area contributed by atoms with Crippen LogP contribution in [0.5, 0.6) is 0 Å². The van der Waals surface area contributed by atoms with Crippen molar-refractivity contribution in [2.45, 2.75) is 13.2 Å². The van der Waals surface area contributed by atoms with Gasteiger partial charge in [-0.15, -0.1) is 0 Å². The Bertz CT molecular complexity index is 808. The van der Waals surface area contributed by atoms with Crippen LogP contribution in [0.25, 0.3) is 11.3 Å². The van der Waals surface area contributed by atoms with E-state index in [9.17, 15) is 4.79 Å². The summed E-state index contributed by atoms with van der Waals surface area (Å²) in [6.45, 7) is 0.424. The Morgan fingerprint density at radius 3 is 2.23 bits per heavy atom. The lowest BCUT2D eigenvalue weighted by atomic mass is 10.1. The number of aliphatic hydroxyl groups excluding tert-OH is 1. The SMILES string of the molecule is O=c1ccc(-c2ccccc2)nn1Cc1ccc(CO)cc1. The van der Waals surface area contributed by atoms with E-state index in [1.54, 1.807) is 6.07 Å². The third kappa shape index (κ3) is 3.13. The molecule has 1 N–H and O–H groups in total. The molecule has 4 nitrogen and oxygen atoms in total. The monoisotopic (exact) mass is 292 g/mol. The lowest BCUT2D eigenvalue weighted by Gasteiger charge is -2.08. The number of benzene rings is 2. The fourth-order valence-electron chi connectivity index (χ4n) is 2.25. The van der Waals surface area contributed by atoms with Crippen LogP contribution in [-0.4, -0.2) is 14.9 Å². The lowest BCUT2D eigenvalue weighted by molar-refractivity contribution is 0.282. The summed E-state index contributed by atoms with van der Waals surface area (Å²) in [7, 11) is 0. The zero-order chi connectivity index (χ0) is 15.4. The fraction of sp³-hybridized carbons (Fsp3) is 0.111. The minimum Gasteiger partial charge on any atom is -0.392 e. The molecule has 0 unspecified atom stereocenters. The highest BCUT2D eigenvalue weighted by molar-refractivity contribution is 5.57. The van der Waals surface area contributed by atoms with E-state index >= 15 is 0 Å². The Morgan fingerprint density at radius 2 is 1.55 bits per heavy atom. The summed E-state index contributed by atoms with van der Waals surface area (Å²) in [5.74, 6) is 0. The fourth-order valence-corrected chi connectivity index (χ4v) is 2.25. The first-order valence-corrected chi connectivity index (χ1v) is 7.08. The van der Waals surface area contributed by atoms with Gasteiger partial charge in [-0.3, -0.25) is 4.79 Å². The first-order chi connectivity index (χ1) is 10.8. The first kappa shape index (κ1) is 14.2. The summed E-state index contributed by atoms with van der Waals surface area (Å²) < 4.78 is 1.45. The molecule has 22 heavy (non-hydrogen) atoms. The van der Waals surface area contributed by atoms with Crippen molar-refractivity contribution in [2.24, 2.45) is 0 Å². The molecule has 1 aromatic heterocycles. The van der Waals surface area contributed by atoms with Gasteiger partial charge in [0.25, 0.3) is 5.56 Å². The molecule has 0 aliphatic rings. The number of hydrogen-bond acceptors (Lipinski definition) is 3. The maximum absolute atomic E-state index is 12.0. The van der Waals surface area contributed by atoms with Gasteiger partial charge < -0.3 is 5.11 Å². The number of aliphatic hydroxyl groups is 1. The number of hydrogen-bond donors (Lipinski definition) is 1. The van der Waals surface area contributed by atoms with Gasteiger partial charge in [0.1, 0.15) is 0 Å². The van der Waals surface area contributed by atoms with Gasteiger partial charge in [0.15, 0.2) is 0 Å². The average Bonchev–Trinajstić information content (AvgIpc) is 2.58. The average molecular weight is 292 g/mol. The van der Waals surface area contributed by atoms with Gasteiger partial charge in [-0.25, -0.2) is 4.68 Å². The molecular formula is C18H16N2O2. The van der Waals surface area contributed by atoms with E-state index in [0.29, 0.717) is 6.54 Å². The molecule has 0 atom stereocenters. The van der Waals surface area contributed by atoms with E-state index in [0.717, 1.165) is 22.4 Å². The second-order valence-corrected chi connectivity index (χ2v) is 5.06. The van der Waals surface area contributed by atoms with E-state index in [4.69, 9.17) is 5.11 Å². The summed E-state index contributed by atoms with van der Waals surface area (Å²) in [5, 5.41) is 13.5. The van der Waals surface area contributed by atoms with Crippen molar-refractivity contribution in [1.29, 1.82) is 0 Å². The van der Waals surface area contributed by atoms with Crippen molar-refractivity contribution in [2.75, 3.05) is 0 Å². The molecule has 0 radical (unpaired) electrons. The zero-order valence-corrected chi connectivity index (χ0v) is 12.0. The van der Waals surface area contributed by atoms with Gasteiger partial charge >= 0.3 is 0 Å². The molecule has 0 bridgehead atoms. The summed E-state index contributed by atoms with van der Waals surface area (Å²) in [4.78, 5) is 12.0. The van der Waals surface area contributed by atoms with E-state index in [1.807, 2.05) is 54.6 Å². The smallest absolute Gasteiger partial charge is 0.267 e. The molecule has 0 aliphatic carbocycles. The van der Waals surface area contributed by atoms with Gasteiger partial charge in [0.05, 0.1) is 18.8 Å². The molecule has 0 aliphatic heterocycles. The molecule has 0 spiro atoms. The largest absolute Gasteiger partial charge is 0.392 e. The van der Waals surface area contributed by atoms with Crippen LogP contribution in [0.1, 0.15) is 11.1 Å². The van der Waals surface area contributed by atoms with Crippen LogP contribution < -0.4 is 5.56 Å². The molecular weight excluding hydrogens is 276 g/mol. The summed E-state index contributed by atoms with van der Waals surface area (Å²) in [5.41, 5.74) is 3.43. The van der Waals surface area contributed by atoms with Crippen LogP contribution in [0.3, 0.4) is 0 Å². The highest BCUT2D eigenvalue weighted by atomic mass is 16.3. The van der Waals surface area contributed by atoms with E-state index in [2.05, 4.69) is 5.10 Å². The number of nitrogens with zero attached hydrogens (tertiary/aromatic N) is 2. The molecule has 110 valence electrons. The van der Waals surface area contributed by atoms with Gasteiger partial charge in [-0.1, -0.05) is 54.6 Å². The third-order valence-corrected chi connectivity index (χ3v) is 3.47. The summed E-state index contributed by atoms with van der Waals surface area (Å²) in [6.07, 6.45) is 0. The minimum absolute atomic E-state index is 0.0158. The molecule has 3 aromatic rings. The first-order valence-electron chi connectivity index (χ1n) is 7.08. The van der Waals surface area contributed by atoms with Crippen molar-refractivity contribution in [3.63, 3.8) is 0 Å². The minimum atomic E-state index is -0.133. The Hall–Kier alpha value is -2.72. The van der Waals surface area contributed by atoms with Crippen LogP contribution in [-0.2, 0) is 13.2 Å². The quantitative estimate of drug-likeness (QED) is 0.803. The maximum atomic E-state index is 12.0. The van der Waals surface area contributed by atoms with Crippen molar-refractivity contribution in [1.82, 2.24) is 9.78 Å². The van der Waals surface area contributed by atoms with Gasteiger partial charge in [-0.05, 0) is 17.2 Å². The van der Waals surface area contributed by atoms with Crippen LogP contribution >= 0.6 is 0 Å². The topological polar surface area (TPSA) is 55.1 Å². The Labute approximate surface area is 128 Å². The molecule has 0 amide bonds. The van der Waals surface area contributed by atoms with Crippen LogP contribution in [0.15, 0.2) is 71.5 Å². The second kappa shape index (κ2) is 6.37. The second-order valence-electron chi connectivity index (χ2n) is 5.06. The van der Waals surface area contributed by atoms with Crippen LogP contribution in [0, 0.1) is 0 Å². The normalized spacial score (nSPS) is 10.6. The van der Waals surface area contributed by atoms with Gasteiger partial charge in [-0.2, -0.15) is 5.10 Å². The molecule has 2 aromatic carbocycles. The standard InChI is InChI=1S/C18H16N2O2/c21-13-15-8-6-14(7-9-15)12-20-18(22)11-10-17(19-20)16-4-2-1-3-5-16/h1-11,21H,12-13H2. The predicted octanol–water partition coefficient (Wildman–Crippen LogP) is 2.45. The van der Waals surface area contributed by atoms with Gasteiger partial charge in [0, 0.05) is 11.6 Å². The Balaban J connectivity index is 1.91. The molecule has 0 saturated heterocycles. The van der Waals surface area contributed by atoms with E-state index in [1.165, 1.54) is 10.7 Å². The predicted molar refractivity (Wildman–Crippen MR) is 85.4 cm³/mol. The zero-order valence-electron chi connectivity index (χ0n) is 12.0. The van der Waals surface area contributed by atoms with E-state index in [-0.39, 0.29) is 12.2 Å². The van der Waals surface area contributed by atoms with Gasteiger partial charge in [0.2, 0.25) is 0 Å². The summed E-state index contributed by atoms with van der Waals surface area (Å²) >= 11 is 0. The van der Waals surface area contributed by atoms with Crippen LogP contribution in [0.2, 0.25) is 0 Å². The Morgan fingerprint density at radius 1 is 0.864 bits per heavy atom. The van der Waals surface area contributed by atoms with Crippen molar-refractivity contribution < 1.29 is 5.11 Å². The van der Waals surface area contributed by atoms with Crippen molar-refractivity contribution in [3.05, 3.63) is 88.2 Å². The number of rotatable bonds is 4. The Kier molecular flexibility index (Phi) is 4.12. The number of aromatic nitrogens is 2. The molecule has 3 rings (SSSR count). The van der Waals surface area contributed by atoms with Crippen LogP contribution in [0.4, 0.5) is 0 Å². The highest BCUT2D eigenvalue weighted by Gasteiger charge is 2.04. The lowest BCUT2D eigenvalue weighted by Crippen LogP contribution is -2.22. The summed E-state index contributed by atoms with van der Waals surface area (Å²) in [6, 6.07) is 20.5. The molecule has 1 heterocycles. The molecule has 4 heteroatoms. The molecule has 0 saturated carbocycles. The van der Waals surface area contributed by atoms with Crippen molar-refractivity contribution >= 4 is 0 Å². The van der Waals surface area contributed by atoms with Crippen molar-refractivity contribution in [3.8, 4) is 11.3 Å². The van der Waals surface area contributed by atoms with E-state index < -0.39 is 0 Å². The highest BCUT2D eigenvalue weighted by Crippen LogP contribution is 2.14.